The van der Waals surface area contributed by atoms with E-state index in [0.29, 0.717) is 11.2 Å². The molecule has 7 nitrogen and oxygen atoms in total. The number of alkyl halides is 1. The molecule has 0 saturated heterocycles. The van der Waals surface area contributed by atoms with Crippen LogP contribution in [-0.2, 0) is 0 Å². The van der Waals surface area contributed by atoms with E-state index in [9.17, 15) is 9.50 Å². The highest BCUT2D eigenvalue weighted by atomic mass is 19.1. The van der Waals surface area contributed by atoms with Crippen molar-refractivity contribution in [2.75, 3.05) is 12.3 Å². The number of hydrogen-bond donors (Lipinski definition) is 3. The first-order valence-corrected chi connectivity index (χ1v) is 5.86. The fourth-order valence-electron chi connectivity index (χ4n) is 2.57. The summed E-state index contributed by atoms with van der Waals surface area (Å²) in [4.78, 5) is 11.9. The minimum atomic E-state index is -1.96. The molecular formula is C11H14FN5O2. The van der Waals surface area contributed by atoms with Crippen LogP contribution in [0.3, 0.4) is 0 Å². The Labute approximate surface area is 107 Å². The van der Waals surface area contributed by atoms with Crippen molar-refractivity contribution in [2.45, 2.75) is 30.7 Å². The van der Waals surface area contributed by atoms with Crippen LogP contribution in [0.1, 0.15) is 19.4 Å². The zero-order chi connectivity index (χ0) is 13.8. The fourth-order valence-corrected chi connectivity index (χ4v) is 2.57. The van der Waals surface area contributed by atoms with E-state index in [2.05, 4.69) is 15.0 Å². The van der Waals surface area contributed by atoms with E-state index < -0.39 is 23.9 Å². The molecule has 0 spiro atoms. The van der Waals surface area contributed by atoms with E-state index in [4.69, 9.17) is 10.8 Å². The van der Waals surface area contributed by atoms with Gasteiger partial charge in [0, 0.05) is 6.42 Å². The molecule has 0 bridgehead atoms. The van der Waals surface area contributed by atoms with E-state index in [1.807, 2.05) is 0 Å². The molecule has 2 aromatic rings. The lowest BCUT2D eigenvalue weighted by Gasteiger charge is -2.54. The van der Waals surface area contributed by atoms with Gasteiger partial charge < -0.3 is 20.5 Å². The number of halogens is 1. The van der Waals surface area contributed by atoms with Crippen molar-refractivity contribution in [1.82, 2.24) is 19.5 Å². The van der Waals surface area contributed by atoms with E-state index in [-0.39, 0.29) is 12.2 Å². The number of rotatable bonds is 2. The number of aliphatic hydroxyl groups excluding tert-OH is 1. The van der Waals surface area contributed by atoms with E-state index >= 15 is 0 Å². The van der Waals surface area contributed by atoms with E-state index in [1.54, 1.807) is 0 Å². The molecule has 1 aliphatic rings. The van der Waals surface area contributed by atoms with Crippen molar-refractivity contribution >= 4 is 17.0 Å². The number of nitrogens with two attached hydrogens (primary N) is 1. The van der Waals surface area contributed by atoms with Crippen LogP contribution in [-0.4, -0.2) is 47.6 Å². The molecule has 0 unspecified atom stereocenters. The number of imidazole rings is 1. The Kier molecular flexibility index (Phi) is 2.33. The molecular weight excluding hydrogens is 253 g/mol. The third-order valence-electron chi connectivity index (χ3n) is 4.05. The zero-order valence-electron chi connectivity index (χ0n) is 10.3. The van der Waals surface area contributed by atoms with Crippen LogP contribution in [0, 0.1) is 0 Å². The van der Waals surface area contributed by atoms with Gasteiger partial charge in [0.25, 0.3) is 0 Å². The van der Waals surface area contributed by atoms with Crippen molar-refractivity contribution in [3.63, 3.8) is 0 Å². The first-order valence-electron chi connectivity index (χ1n) is 5.86. The number of nitrogens with zero attached hydrogens (tertiary/aromatic N) is 4. The Morgan fingerprint density at radius 3 is 2.89 bits per heavy atom. The summed E-state index contributed by atoms with van der Waals surface area (Å²) >= 11 is 0. The summed E-state index contributed by atoms with van der Waals surface area (Å²) in [6.07, 6.45) is 2.79. The number of aliphatic hydroxyl groups is 2. The average molecular weight is 267 g/mol. The predicted octanol–water partition coefficient (Wildman–Crippen LogP) is -0.195. The van der Waals surface area contributed by atoms with Crippen molar-refractivity contribution in [1.29, 1.82) is 0 Å². The van der Waals surface area contributed by atoms with Gasteiger partial charge in [0.2, 0.25) is 0 Å². The summed E-state index contributed by atoms with van der Waals surface area (Å²) < 4.78 is 16.1. The monoisotopic (exact) mass is 267 g/mol. The maximum absolute atomic E-state index is 14.6. The molecule has 1 aliphatic carbocycles. The lowest BCUT2D eigenvalue weighted by Crippen LogP contribution is -2.67. The average Bonchev–Trinajstić information content (AvgIpc) is 2.80. The molecule has 0 aromatic carbocycles. The molecule has 1 saturated carbocycles. The Morgan fingerprint density at radius 1 is 1.53 bits per heavy atom. The van der Waals surface area contributed by atoms with Crippen LogP contribution in [0.25, 0.3) is 11.2 Å². The molecule has 0 amide bonds. The Hall–Kier alpha value is -1.80. The lowest BCUT2D eigenvalue weighted by molar-refractivity contribution is -0.221. The van der Waals surface area contributed by atoms with Gasteiger partial charge in [-0.05, 0) is 6.92 Å². The summed E-state index contributed by atoms with van der Waals surface area (Å²) in [5, 5.41) is 19.0. The van der Waals surface area contributed by atoms with E-state index in [1.165, 1.54) is 24.1 Å². The smallest absolute Gasteiger partial charge is 0.165 e. The van der Waals surface area contributed by atoms with Crippen molar-refractivity contribution in [3.05, 3.63) is 12.7 Å². The topological polar surface area (TPSA) is 110 Å². The second-order valence-corrected chi connectivity index (χ2v) is 5.07. The molecule has 102 valence electrons. The van der Waals surface area contributed by atoms with E-state index in [0.717, 1.165) is 0 Å². The summed E-state index contributed by atoms with van der Waals surface area (Å²) in [5.74, 6) is 0.223. The van der Waals surface area contributed by atoms with Crippen LogP contribution in [0.15, 0.2) is 12.7 Å². The third-order valence-corrected chi connectivity index (χ3v) is 4.05. The molecule has 19 heavy (non-hydrogen) atoms. The second-order valence-electron chi connectivity index (χ2n) is 5.07. The van der Waals surface area contributed by atoms with Gasteiger partial charge in [-0.15, -0.1) is 0 Å². The quantitative estimate of drug-likeness (QED) is 0.695. The first kappa shape index (κ1) is 12.2. The molecule has 1 fully saturated rings. The summed E-state index contributed by atoms with van der Waals surface area (Å²) in [6.45, 7) is 0.633. The van der Waals surface area contributed by atoms with Crippen LogP contribution < -0.4 is 5.73 Å². The molecule has 2 heterocycles. The van der Waals surface area contributed by atoms with Gasteiger partial charge in [0.1, 0.15) is 17.4 Å². The standard InChI is InChI=1S/C11H14FN5O2/c1-10(12)6(2-11(10,19)3-18)17-5-16-7-8(13)14-4-15-9(7)17/h4-6,18-19H,2-3H2,1H3,(H2,13,14,15)/t6-,10+,11+/m1/s1. The highest BCUT2D eigenvalue weighted by Crippen LogP contribution is 2.53. The minimum Gasteiger partial charge on any atom is -0.393 e. The number of hydrogen-bond acceptors (Lipinski definition) is 6. The Bertz CT molecular complexity index is 643. The molecule has 0 radical (unpaired) electrons. The van der Waals surface area contributed by atoms with Crippen LogP contribution in [0.4, 0.5) is 10.2 Å². The van der Waals surface area contributed by atoms with Crippen LogP contribution in [0.5, 0.6) is 0 Å². The Balaban J connectivity index is 2.06. The van der Waals surface area contributed by atoms with Crippen molar-refractivity contribution in [2.24, 2.45) is 0 Å². The third kappa shape index (κ3) is 1.41. The van der Waals surface area contributed by atoms with Gasteiger partial charge in [-0.25, -0.2) is 19.3 Å². The minimum absolute atomic E-state index is 0.0892. The number of nitrogen functional groups attached to an aromatic ring is 1. The molecule has 0 aliphatic heterocycles. The maximum atomic E-state index is 14.6. The molecule has 3 rings (SSSR count). The molecule has 2 aromatic heterocycles. The highest BCUT2D eigenvalue weighted by molar-refractivity contribution is 5.81. The van der Waals surface area contributed by atoms with Crippen LogP contribution in [0.2, 0.25) is 0 Å². The van der Waals surface area contributed by atoms with Gasteiger partial charge in [-0.2, -0.15) is 0 Å². The van der Waals surface area contributed by atoms with Gasteiger partial charge in [0.15, 0.2) is 17.1 Å². The maximum Gasteiger partial charge on any atom is 0.165 e. The molecule has 8 heteroatoms. The van der Waals surface area contributed by atoms with Gasteiger partial charge in [-0.3, -0.25) is 0 Å². The molecule has 3 atom stereocenters. The Morgan fingerprint density at radius 2 is 2.26 bits per heavy atom. The number of fused-ring (bicyclic) bond motifs is 1. The summed E-state index contributed by atoms with van der Waals surface area (Å²) in [7, 11) is 0. The van der Waals surface area contributed by atoms with Gasteiger partial charge in [0.05, 0.1) is 19.0 Å². The highest BCUT2D eigenvalue weighted by Gasteiger charge is 2.64. The normalized spacial score (nSPS) is 34.4. The van der Waals surface area contributed by atoms with Crippen LogP contribution >= 0.6 is 0 Å². The summed E-state index contributed by atoms with van der Waals surface area (Å²) in [5.41, 5.74) is 2.79. The van der Waals surface area contributed by atoms with Crippen molar-refractivity contribution in [3.8, 4) is 0 Å². The SMILES string of the molecule is C[C@]1(F)[C@H](n2cnc3c(N)ncnc32)C[C@]1(O)CO. The van der Waals surface area contributed by atoms with Crippen molar-refractivity contribution < 1.29 is 14.6 Å². The summed E-state index contributed by atoms with van der Waals surface area (Å²) in [6, 6.07) is -0.649. The first-order chi connectivity index (χ1) is 8.90. The van der Waals surface area contributed by atoms with Gasteiger partial charge >= 0.3 is 0 Å². The number of aromatic nitrogens is 4. The fraction of sp³-hybridized carbons (Fsp3) is 0.545. The zero-order valence-corrected chi connectivity index (χ0v) is 10.3. The largest absolute Gasteiger partial charge is 0.393 e. The second kappa shape index (κ2) is 3.61. The predicted molar refractivity (Wildman–Crippen MR) is 64.9 cm³/mol. The number of anilines is 1. The molecule has 4 N–H and O–H groups in total. The van der Waals surface area contributed by atoms with Gasteiger partial charge in [-0.1, -0.05) is 0 Å². The lowest BCUT2D eigenvalue weighted by atomic mass is 9.64.